The van der Waals surface area contributed by atoms with Crippen LogP contribution in [-0.4, -0.2) is 47.4 Å². The van der Waals surface area contributed by atoms with Crippen LogP contribution in [0.3, 0.4) is 0 Å². The highest BCUT2D eigenvalue weighted by Gasteiger charge is 2.55. The van der Waals surface area contributed by atoms with Crippen molar-refractivity contribution < 1.29 is 27.8 Å². The third kappa shape index (κ3) is 2.53. The molecule has 3 aliphatic heterocycles. The number of halogens is 2. The topological polar surface area (TPSA) is 68.2 Å². The van der Waals surface area contributed by atoms with Gasteiger partial charge in [0.05, 0.1) is 5.56 Å². The summed E-state index contributed by atoms with van der Waals surface area (Å²) >= 11 is 0. The van der Waals surface area contributed by atoms with Crippen LogP contribution >= 0.6 is 0 Å². The van der Waals surface area contributed by atoms with Crippen molar-refractivity contribution in [3.8, 4) is 0 Å². The van der Waals surface area contributed by atoms with Crippen LogP contribution in [0.25, 0.3) is 0 Å². The molecule has 148 valence electrons. The second kappa shape index (κ2) is 5.75. The summed E-state index contributed by atoms with van der Waals surface area (Å²) in [5, 5.41) is 0. The molecule has 5 rings (SSSR count). The smallest absolute Gasteiger partial charge is 0.339 e. The zero-order valence-electron chi connectivity index (χ0n) is 15.2. The van der Waals surface area contributed by atoms with Crippen molar-refractivity contribution in [1.29, 1.82) is 0 Å². The van der Waals surface area contributed by atoms with Crippen LogP contribution in [0, 0.1) is 0 Å². The molecule has 2 fully saturated rings. The Morgan fingerprint density at radius 2 is 1.57 bits per heavy atom. The van der Waals surface area contributed by atoms with E-state index in [0.29, 0.717) is 31.5 Å². The van der Waals surface area contributed by atoms with E-state index < -0.39 is 23.0 Å². The highest BCUT2D eigenvalue weighted by Crippen LogP contribution is 2.46. The molecule has 0 aromatic heterocycles. The Morgan fingerprint density at radius 1 is 0.893 bits per heavy atom. The number of benzene rings is 1. The number of hydrogen-bond acceptors (Lipinski definition) is 5. The molecule has 1 aromatic carbocycles. The molecule has 0 radical (unpaired) electrons. The SMILES string of the molecule is O=C1OC2(CCN(C3=NC(=O)C4(CCC(F)(F)CC4)O3)CC2)c2ccccc21. The van der Waals surface area contributed by atoms with Crippen LogP contribution in [0.5, 0.6) is 0 Å². The highest BCUT2D eigenvalue weighted by atomic mass is 19.3. The Kier molecular flexibility index (Phi) is 3.61. The van der Waals surface area contributed by atoms with Gasteiger partial charge in [0, 0.05) is 57.2 Å². The van der Waals surface area contributed by atoms with E-state index in [2.05, 4.69) is 4.99 Å². The van der Waals surface area contributed by atoms with Gasteiger partial charge >= 0.3 is 5.97 Å². The number of alkyl halides is 2. The quantitative estimate of drug-likeness (QED) is 0.637. The normalized spacial score (nSPS) is 26.8. The largest absolute Gasteiger partial charge is 0.450 e. The summed E-state index contributed by atoms with van der Waals surface area (Å²) in [5.41, 5.74) is -0.394. The second-order valence-electron chi connectivity index (χ2n) is 8.07. The number of fused-ring (bicyclic) bond motifs is 2. The second-order valence-corrected chi connectivity index (χ2v) is 8.07. The van der Waals surface area contributed by atoms with Gasteiger partial charge in [0.2, 0.25) is 5.92 Å². The minimum Gasteiger partial charge on any atom is -0.450 e. The van der Waals surface area contributed by atoms with Gasteiger partial charge in [-0.1, -0.05) is 18.2 Å². The maximum Gasteiger partial charge on any atom is 0.339 e. The molecule has 6 nitrogen and oxygen atoms in total. The number of rotatable bonds is 0. The Bertz CT molecular complexity index is 880. The summed E-state index contributed by atoms with van der Waals surface area (Å²) in [6.45, 7) is 1.000. The van der Waals surface area contributed by atoms with E-state index in [1.165, 1.54) is 0 Å². The number of nitrogens with zero attached hydrogens (tertiary/aromatic N) is 2. The van der Waals surface area contributed by atoms with Gasteiger partial charge in [-0.15, -0.1) is 0 Å². The number of likely N-dealkylation sites (tertiary alicyclic amines) is 1. The zero-order valence-corrected chi connectivity index (χ0v) is 15.2. The minimum absolute atomic E-state index is 0.0192. The molecule has 1 saturated carbocycles. The number of hydrogen-bond donors (Lipinski definition) is 0. The van der Waals surface area contributed by atoms with E-state index in [4.69, 9.17) is 9.47 Å². The summed E-state index contributed by atoms with van der Waals surface area (Å²) in [6, 6.07) is 7.60. The Morgan fingerprint density at radius 3 is 2.29 bits per heavy atom. The fourth-order valence-electron chi connectivity index (χ4n) is 4.68. The molecule has 3 heterocycles. The molecule has 28 heavy (non-hydrogen) atoms. The van der Waals surface area contributed by atoms with E-state index in [0.717, 1.165) is 5.56 Å². The van der Waals surface area contributed by atoms with Gasteiger partial charge in [0.25, 0.3) is 11.9 Å². The first-order valence-corrected chi connectivity index (χ1v) is 9.60. The van der Waals surface area contributed by atoms with Crippen molar-refractivity contribution in [3.63, 3.8) is 0 Å². The van der Waals surface area contributed by atoms with Gasteiger partial charge in [-0.2, -0.15) is 4.99 Å². The summed E-state index contributed by atoms with van der Waals surface area (Å²) in [5.74, 6) is -3.51. The number of piperidine rings is 1. The lowest BCUT2D eigenvalue weighted by molar-refractivity contribution is -0.143. The molecular formula is C20H20F2N2O4. The molecule has 1 saturated heterocycles. The number of amides is 1. The van der Waals surface area contributed by atoms with Crippen molar-refractivity contribution in [3.05, 3.63) is 35.4 Å². The van der Waals surface area contributed by atoms with Crippen molar-refractivity contribution in [2.75, 3.05) is 13.1 Å². The average molecular weight is 390 g/mol. The van der Waals surface area contributed by atoms with Gasteiger partial charge in [-0.05, 0) is 6.07 Å². The third-order valence-corrected chi connectivity index (χ3v) is 6.43. The fraction of sp³-hybridized carbons (Fsp3) is 0.550. The first kappa shape index (κ1) is 17.6. The Labute approximate surface area is 160 Å². The fourth-order valence-corrected chi connectivity index (χ4v) is 4.68. The number of esters is 1. The Hall–Kier alpha value is -2.51. The lowest BCUT2D eigenvalue weighted by atomic mass is 9.82. The molecule has 4 aliphatic rings. The van der Waals surface area contributed by atoms with E-state index in [1.54, 1.807) is 6.07 Å². The van der Waals surface area contributed by atoms with Crippen molar-refractivity contribution in [2.24, 2.45) is 4.99 Å². The zero-order chi connectivity index (χ0) is 19.6. The first-order chi connectivity index (χ1) is 13.3. The van der Waals surface area contributed by atoms with E-state index in [1.807, 2.05) is 23.1 Å². The number of aliphatic imine (C=N–C) groups is 1. The van der Waals surface area contributed by atoms with E-state index in [-0.39, 0.29) is 37.7 Å². The number of amidine groups is 1. The van der Waals surface area contributed by atoms with Crippen molar-refractivity contribution in [1.82, 2.24) is 4.90 Å². The lowest BCUT2D eigenvalue weighted by Crippen LogP contribution is -2.48. The maximum absolute atomic E-state index is 13.5. The summed E-state index contributed by atoms with van der Waals surface area (Å²) in [6.07, 6.45) is 0.340. The molecule has 0 atom stereocenters. The molecule has 0 N–H and O–H groups in total. The van der Waals surface area contributed by atoms with Crippen molar-refractivity contribution in [2.45, 2.75) is 55.6 Å². The van der Waals surface area contributed by atoms with Crippen LogP contribution in [-0.2, 0) is 19.9 Å². The minimum atomic E-state index is -2.74. The molecule has 1 amide bonds. The predicted molar refractivity (Wildman–Crippen MR) is 94.0 cm³/mol. The maximum atomic E-state index is 13.5. The number of carbonyl (C=O) groups is 2. The van der Waals surface area contributed by atoms with Gasteiger partial charge in [0.15, 0.2) is 5.60 Å². The number of ether oxygens (including phenoxy) is 2. The predicted octanol–water partition coefficient (Wildman–Crippen LogP) is 3.01. The highest BCUT2D eigenvalue weighted by molar-refractivity contribution is 6.01. The average Bonchev–Trinajstić information content (AvgIpc) is 3.15. The van der Waals surface area contributed by atoms with Crippen LogP contribution in [0.4, 0.5) is 8.78 Å². The van der Waals surface area contributed by atoms with E-state index >= 15 is 0 Å². The van der Waals surface area contributed by atoms with E-state index in [9.17, 15) is 18.4 Å². The molecule has 1 aromatic rings. The third-order valence-electron chi connectivity index (χ3n) is 6.43. The standard InChI is InChI=1S/C20H20F2N2O4/c21-20(22)7-5-19(6-8-20)16(26)23-17(28-19)24-11-9-18(10-12-24)14-4-2-1-3-13(14)15(25)27-18/h1-4H,5-12H2. The Balaban J connectivity index is 1.29. The van der Waals surface area contributed by atoms with Crippen LogP contribution in [0.15, 0.2) is 29.3 Å². The summed E-state index contributed by atoms with van der Waals surface area (Å²) < 4.78 is 38.6. The molecule has 0 unspecified atom stereocenters. The van der Waals surface area contributed by atoms with Crippen LogP contribution < -0.4 is 0 Å². The molecule has 1 aliphatic carbocycles. The van der Waals surface area contributed by atoms with Gasteiger partial charge in [-0.25, -0.2) is 13.6 Å². The summed E-state index contributed by atoms with van der Waals surface area (Å²) in [7, 11) is 0. The first-order valence-electron chi connectivity index (χ1n) is 9.60. The van der Waals surface area contributed by atoms with Crippen LogP contribution in [0.2, 0.25) is 0 Å². The number of carbonyl (C=O) groups excluding carboxylic acids is 2. The van der Waals surface area contributed by atoms with Gasteiger partial charge in [-0.3, -0.25) is 4.79 Å². The van der Waals surface area contributed by atoms with Gasteiger partial charge < -0.3 is 14.4 Å². The molecule has 2 spiro atoms. The molecule has 8 heteroatoms. The lowest BCUT2D eigenvalue weighted by Gasteiger charge is -2.40. The molecular weight excluding hydrogens is 370 g/mol. The van der Waals surface area contributed by atoms with Crippen LogP contribution in [0.1, 0.15) is 54.4 Å². The van der Waals surface area contributed by atoms with Gasteiger partial charge in [0.1, 0.15) is 5.60 Å². The summed E-state index contributed by atoms with van der Waals surface area (Å²) in [4.78, 5) is 30.5. The molecule has 0 bridgehead atoms. The monoisotopic (exact) mass is 390 g/mol. The van der Waals surface area contributed by atoms with Crippen molar-refractivity contribution >= 4 is 17.9 Å².